The maximum absolute atomic E-state index is 5.64. The number of nitrogens with two attached hydrogens (primary N) is 1. The van der Waals surface area contributed by atoms with Crippen LogP contribution >= 0.6 is 0 Å². The molecule has 17 heavy (non-hydrogen) atoms. The van der Waals surface area contributed by atoms with Crippen LogP contribution in [0.2, 0.25) is 0 Å². The van der Waals surface area contributed by atoms with Gasteiger partial charge in [0.1, 0.15) is 0 Å². The number of hydrogen-bond donors (Lipinski definition) is 1. The zero-order valence-electron chi connectivity index (χ0n) is 10.8. The average molecular weight is 234 g/mol. The molecule has 0 unspecified atom stereocenters. The van der Waals surface area contributed by atoms with E-state index in [2.05, 4.69) is 21.8 Å². The highest BCUT2D eigenvalue weighted by Gasteiger charge is 2.23. The van der Waals surface area contributed by atoms with Crippen molar-refractivity contribution in [3.05, 3.63) is 17.5 Å². The molecule has 1 saturated carbocycles. The molecule has 4 nitrogen and oxygen atoms in total. The Morgan fingerprint density at radius 3 is 2.65 bits per heavy atom. The molecule has 1 aromatic heterocycles. The van der Waals surface area contributed by atoms with E-state index in [4.69, 9.17) is 5.73 Å². The van der Waals surface area contributed by atoms with Crippen LogP contribution in [-0.2, 0) is 6.54 Å². The molecule has 0 bridgehead atoms. The van der Waals surface area contributed by atoms with E-state index in [1.807, 2.05) is 13.1 Å². The minimum atomic E-state index is 0.516. The van der Waals surface area contributed by atoms with Crippen molar-refractivity contribution in [3.8, 4) is 0 Å². The van der Waals surface area contributed by atoms with Crippen LogP contribution in [0.3, 0.4) is 0 Å². The predicted octanol–water partition coefficient (Wildman–Crippen LogP) is 2.01. The molecule has 4 heteroatoms. The summed E-state index contributed by atoms with van der Waals surface area (Å²) in [5.41, 5.74) is 7.68. The summed E-state index contributed by atoms with van der Waals surface area (Å²) in [4.78, 5) is 11.4. The van der Waals surface area contributed by atoms with E-state index in [9.17, 15) is 0 Å². The molecule has 1 aromatic rings. The Kier molecular flexibility index (Phi) is 3.94. The van der Waals surface area contributed by atoms with Crippen LogP contribution in [-0.4, -0.2) is 22.6 Å². The SMILES string of the molecule is CCN(c1ncc(CN)c(C)n1)C1CCCC1. The van der Waals surface area contributed by atoms with Gasteiger partial charge in [0.15, 0.2) is 0 Å². The Morgan fingerprint density at radius 1 is 1.41 bits per heavy atom. The van der Waals surface area contributed by atoms with Gasteiger partial charge in [-0.3, -0.25) is 0 Å². The van der Waals surface area contributed by atoms with Gasteiger partial charge in [0.25, 0.3) is 0 Å². The van der Waals surface area contributed by atoms with Crippen molar-refractivity contribution >= 4 is 5.95 Å². The van der Waals surface area contributed by atoms with Crippen LogP contribution in [0.1, 0.15) is 43.9 Å². The second-order valence-electron chi connectivity index (χ2n) is 4.71. The molecule has 94 valence electrons. The third-order valence-electron chi connectivity index (χ3n) is 3.65. The molecule has 0 spiro atoms. The lowest BCUT2D eigenvalue weighted by Gasteiger charge is -2.27. The third kappa shape index (κ3) is 2.57. The van der Waals surface area contributed by atoms with Crippen molar-refractivity contribution in [2.45, 2.75) is 52.1 Å². The number of anilines is 1. The predicted molar refractivity (Wildman–Crippen MR) is 69.9 cm³/mol. The lowest BCUT2D eigenvalue weighted by atomic mass is 10.2. The molecule has 0 amide bonds. The van der Waals surface area contributed by atoms with Crippen molar-refractivity contribution in [1.29, 1.82) is 0 Å². The summed E-state index contributed by atoms with van der Waals surface area (Å²) in [7, 11) is 0. The Hall–Kier alpha value is -1.16. The Morgan fingerprint density at radius 2 is 2.12 bits per heavy atom. The third-order valence-corrected chi connectivity index (χ3v) is 3.65. The van der Waals surface area contributed by atoms with Gasteiger partial charge in [0, 0.05) is 36.6 Å². The fourth-order valence-electron chi connectivity index (χ4n) is 2.60. The smallest absolute Gasteiger partial charge is 0.225 e. The highest BCUT2D eigenvalue weighted by molar-refractivity contribution is 5.34. The Labute approximate surface area is 103 Å². The lowest BCUT2D eigenvalue weighted by Crippen LogP contribution is -2.34. The zero-order chi connectivity index (χ0) is 12.3. The second-order valence-corrected chi connectivity index (χ2v) is 4.71. The molecular formula is C13H22N4. The fourth-order valence-corrected chi connectivity index (χ4v) is 2.60. The molecule has 0 atom stereocenters. The lowest BCUT2D eigenvalue weighted by molar-refractivity contribution is 0.603. The molecular weight excluding hydrogens is 212 g/mol. The number of rotatable bonds is 4. The van der Waals surface area contributed by atoms with E-state index in [0.717, 1.165) is 23.8 Å². The molecule has 2 rings (SSSR count). The van der Waals surface area contributed by atoms with Crippen LogP contribution in [0.5, 0.6) is 0 Å². The highest BCUT2D eigenvalue weighted by atomic mass is 15.3. The van der Waals surface area contributed by atoms with E-state index in [-0.39, 0.29) is 0 Å². The van der Waals surface area contributed by atoms with Gasteiger partial charge >= 0.3 is 0 Å². The van der Waals surface area contributed by atoms with Gasteiger partial charge in [0.05, 0.1) is 0 Å². The molecule has 0 saturated heterocycles. The Balaban J connectivity index is 2.21. The first-order valence-electron chi connectivity index (χ1n) is 6.55. The first-order chi connectivity index (χ1) is 8.26. The van der Waals surface area contributed by atoms with Crippen molar-refractivity contribution in [2.24, 2.45) is 5.73 Å². The molecule has 2 N–H and O–H groups in total. The van der Waals surface area contributed by atoms with Gasteiger partial charge in [0.2, 0.25) is 5.95 Å². The molecule has 1 aliphatic carbocycles. The number of aryl methyl sites for hydroxylation is 1. The number of hydrogen-bond acceptors (Lipinski definition) is 4. The summed E-state index contributed by atoms with van der Waals surface area (Å²) in [6.07, 6.45) is 7.08. The van der Waals surface area contributed by atoms with Gasteiger partial charge in [-0.2, -0.15) is 0 Å². The quantitative estimate of drug-likeness (QED) is 0.866. The summed E-state index contributed by atoms with van der Waals surface area (Å²) >= 11 is 0. The first kappa shape index (κ1) is 12.3. The zero-order valence-corrected chi connectivity index (χ0v) is 10.8. The van der Waals surface area contributed by atoms with Crippen LogP contribution in [0.15, 0.2) is 6.20 Å². The van der Waals surface area contributed by atoms with E-state index in [0.29, 0.717) is 12.6 Å². The minimum absolute atomic E-state index is 0.516. The van der Waals surface area contributed by atoms with Gasteiger partial charge in [-0.05, 0) is 26.7 Å². The second kappa shape index (κ2) is 5.45. The van der Waals surface area contributed by atoms with Gasteiger partial charge in [-0.25, -0.2) is 9.97 Å². The summed E-state index contributed by atoms with van der Waals surface area (Å²) in [6, 6.07) is 0.628. The molecule has 1 heterocycles. The molecule has 0 radical (unpaired) electrons. The summed E-state index contributed by atoms with van der Waals surface area (Å²) < 4.78 is 0. The van der Waals surface area contributed by atoms with E-state index in [1.54, 1.807) is 0 Å². The first-order valence-corrected chi connectivity index (χ1v) is 6.55. The maximum atomic E-state index is 5.64. The molecule has 0 aromatic carbocycles. The fraction of sp³-hybridized carbons (Fsp3) is 0.692. The number of nitrogens with zero attached hydrogens (tertiary/aromatic N) is 3. The maximum Gasteiger partial charge on any atom is 0.225 e. The topological polar surface area (TPSA) is 55.0 Å². The standard InChI is InChI=1S/C13H22N4/c1-3-17(12-6-4-5-7-12)13-15-9-11(8-14)10(2)16-13/h9,12H,3-8,14H2,1-2H3. The van der Waals surface area contributed by atoms with Crippen molar-refractivity contribution in [2.75, 3.05) is 11.4 Å². The van der Waals surface area contributed by atoms with E-state index in [1.165, 1.54) is 25.7 Å². The van der Waals surface area contributed by atoms with Crippen molar-refractivity contribution < 1.29 is 0 Å². The van der Waals surface area contributed by atoms with Crippen LogP contribution < -0.4 is 10.6 Å². The van der Waals surface area contributed by atoms with Gasteiger partial charge in [-0.1, -0.05) is 12.8 Å². The Bertz CT molecular complexity index is 372. The van der Waals surface area contributed by atoms with Crippen LogP contribution in [0.4, 0.5) is 5.95 Å². The average Bonchev–Trinajstić information content (AvgIpc) is 2.84. The molecule has 1 aliphatic rings. The summed E-state index contributed by atoms with van der Waals surface area (Å²) in [5.74, 6) is 0.870. The van der Waals surface area contributed by atoms with E-state index < -0.39 is 0 Å². The monoisotopic (exact) mass is 234 g/mol. The van der Waals surface area contributed by atoms with Crippen LogP contribution in [0, 0.1) is 6.92 Å². The summed E-state index contributed by atoms with van der Waals surface area (Å²) in [6.45, 7) is 5.68. The van der Waals surface area contributed by atoms with Gasteiger partial charge < -0.3 is 10.6 Å². The minimum Gasteiger partial charge on any atom is -0.338 e. The van der Waals surface area contributed by atoms with Crippen LogP contribution in [0.25, 0.3) is 0 Å². The molecule has 0 aliphatic heterocycles. The van der Waals surface area contributed by atoms with Gasteiger partial charge in [-0.15, -0.1) is 0 Å². The normalized spacial score (nSPS) is 16.4. The largest absolute Gasteiger partial charge is 0.338 e. The summed E-state index contributed by atoms with van der Waals surface area (Å²) in [5, 5.41) is 0. The highest BCUT2D eigenvalue weighted by Crippen LogP contribution is 2.26. The van der Waals surface area contributed by atoms with Crippen molar-refractivity contribution in [1.82, 2.24) is 9.97 Å². The van der Waals surface area contributed by atoms with E-state index >= 15 is 0 Å². The van der Waals surface area contributed by atoms with Crippen molar-refractivity contribution in [3.63, 3.8) is 0 Å². The number of aromatic nitrogens is 2. The molecule has 1 fully saturated rings.